The normalized spacial score (nSPS) is 15.0. The summed E-state index contributed by atoms with van der Waals surface area (Å²) in [5.74, 6) is 0. The van der Waals surface area contributed by atoms with Crippen LogP contribution in [0.2, 0.25) is 0 Å². The molecular weight excluding hydrogens is 266 g/mol. The standard InChI is InChI=1S/C16H17N3S/c1-2-4-15-12(3-1)9-14(10-18-13-5-6-13)19(15)11-16-17-7-8-20-16/h1-4,7-9,13,18H,5-6,10-11H2. The van der Waals surface area contributed by atoms with Gasteiger partial charge in [-0.3, -0.25) is 0 Å². The second-order valence-electron chi connectivity index (χ2n) is 5.36. The zero-order valence-corrected chi connectivity index (χ0v) is 12.1. The van der Waals surface area contributed by atoms with Crippen molar-refractivity contribution in [3.05, 3.63) is 52.6 Å². The summed E-state index contributed by atoms with van der Waals surface area (Å²) >= 11 is 1.72. The van der Waals surface area contributed by atoms with E-state index < -0.39 is 0 Å². The van der Waals surface area contributed by atoms with Crippen LogP contribution in [0.15, 0.2) is 41.9 Å². The van der Waals surface area contributed by atoms with Crippen molar-refractivity contribution in [1.29, 1.82) is 0 Å². The number of thiazole rings is 1. The molecule has 1 aliphatic carbocycles. The minimum Gasteiger partial charge on any atom is -0.336 e. The Morgan fingerprint density at radius 1 is 1.30 bits per heavy atom. The van der Waals surface area contributed by atoms with Gasteiger partial charge in [-0.15, -0.1) is 11.3 Å². The molecule has 1 aliphatic rings. The van der Waals surface area contributed by atoms with Gasteiger partial charge in [-0.05, 0) is 30.4 Å². The van der Waals surface area contributed by atoms with E-state index in [4.69, 9.17) is 0 Å². The van der Waals surface area contributed by atoms with E-state index in [2.05, 4.69) is 45.2 Å². The topological polar surface area (TPSA) is 29.9 Å². The van der Waals surface area contributed by atoms with E-state index in [1.807, 2.05) is 11.6 Å². The maximum absolute atomic E-state index is 4.42. The molecule has 2 aromatic heterocycles. The molecule has 0 radical (unpaired) electrons. The minimum atomic E-state index is 0.737. The average Bonchev–Trinajstić information content (AvgIpc) is 3.04. The van der Waals surface area contributed by atoms with Crippen molar-refractivity contribution in [2.24, 2.45) is 0 Å². The Morgan fingerprint density at radius 3 is 3.00 bits per heavy atom. The molecular formula is C16H17N3S. The summed E-state index contributed by atoms with van der Waals surface area (Å²) in [5.41, 5.74) is 2.66. The van der Waals surface area contributed by atoms with E-state index in [1.165, 1.54) is 34.4 Å². The predicted molar refractivity (Wildman–Crippen MR) is 83.0 cm³/mol. The molecule has 102 valence electrons. The van der Waals surface area contributed by atoms with Gasteiger partial charge in [0.15, 0.2) is 0 Å². The summed E-state index contributed by atoms with van der Waals surface area (Å²) in [4.78, 5) is 4.42. The molecule has 20 heavy (non-hydrogen) atoms. The first-order valence-corrected chi connectivity index (χ1v) is 7.97. The second-order valence-corrected chi connectivity index (χ2v) is 6.34. The largest absolute Gasteiger partial charge is 0.336 e. The van der Waals surface area contributed by atoms with Crippen LogP contribution in [0.25, 0.3) is 10.9 Å². The highest BCUT2D eigenvalue weighted by Gasteiger charge is 2.21. The zero-order valence-electron chi connectivity index (χ0n) is 11.2. The predicted octanol–water partition coefficient (Wildman–Crippen LogP) is 3.40. The van der Waals surface area contributed by atoms with Crippen molar-refractivity contribution < 1.29 is 0 Å². The zero-order chi connectivity index (χ0) is 13.4. The SMILES string of the molecule is c1ccc2c(c1)cc(CNC1CC1)n2Cc1nccs1. The number of hydrogen-bond donors (Lipinski definition) is 1. The summed E-state index contributed by atoms with van der Waals surface area (Å²) in [6.45, 7) is 1.82. The molecule has 0 unspecified atom stereocenters. The van der Waals surface area contributed by atoms with Gasteiger partial charge in [0.05, 0.1) is 6.54 Å². The molecule has 0 spiro atoms. The Morgan fingerprint density at radius 2 is 2.20 bits per heavy atom. The lowest BCUT2D eigenvalue weighted by Gasteiger charge is -2.10. The first kappa shape index (κ1) is 12.1. The Labute approximate surface area is 122 Å². The Kier molecular flexibility index (Phi) is 3.05. The first-order chi connectivity index (χ1) is 9.90. The van der Waals surface area contributed by atoms with Crippen molar-refractivity contribution in [3.8, 4) is 0 Å². The molecule has 0 amide bonds. The van der Waals surface area contributed by atoms with E-state index in [9.17, 15) is 0 Å². The number of para-hydroxylation sites is 1. The van der Waals surface area contributed by atoms with Crippen LogP contribution in [-0.4, -0.2) is 15.6 Å². The van der Waals surface area contributed by atoms with Crippen molar-refractivity contribution in [1.82, 2.24) is 14.9 Å². The second kappa shape index (κ2) is 5.04. The summed E-state index contributed by atoms with van der Waals surface area (Å²) in [5, 5.41) is 8.14. The molecule has 4 heteroatoms. The van der Waals surface area contributed by atoms with Crippen LogP contribution in [0, 0.1) is 0 Å². The fourth-order valence-corrected chi connectivity index (χ4v) is 3.21. The number of nitrogens with one attached hydrogen (secondary N) is 1. The molecule has 1 fully saturated rings. The van der Waals surface area contributed by atoms with Gasteiger partial charge in [0.25, 0.3) is 0 Å². The van der Waals surface area contributed by atoms with Crippen LogP contribution in [0.1, 0.15) is 23.5 Å². The van der Waals surface area contributed by atoms with Gasteiger partial charge in [0.2, 0.25) is 0 Å². The maximum atomic E-state index is 4.42. The smallest absolute Gasteiger partial charge is 0.112 e. The highest BCUT2D eigenvalue weighted by molar-refractivity contribution is 7.09. The van der Waals surface area contributed by atoms with Crippen LogP contribution in [0.5, 0.6) is 0 Å². The number of fused-ring (bicyclic) bond motifs is 1. The average molecular weight is 283 g/mol. The number of rotatable bonds is 5. The highest BCUT2D eigenvalue weighted by Crippen LogP contribution is 2.24. The summed E-state index contributed by atoms with van der Waals surface area (Å²) in [6, 6.07) is 11.6. The number of aromatic nitrogens is 2. The lowest BCUT2D eigenvalue weighted by atomic mass is 10.2. The monoisotopic (exact) mass is 283 g/mol. The Bertz CT molecular complexity index is 710. The number of hydrogen-bond acceptors (Lipinski definition) is 3. The lowest BCUT2D eigenvalue weighted by molar-refractivity contribution is 0.641. The van der Waals surface area contributed by atoms with Crippen LogP contribution < -0.4 is 5.32 Å². The van der Waals surface area contributed by atoms with Gasteiger partial charge in [-0.1, -0.05) is 18.2 Å². The van der Waals surface area contributed by atoms with Crippen molar-refractivity contribution in [2.75, 3.05) is 0 Å². The molecule has 0 bridgehead atoms. The van der Waals surface area contributed by atoms with Gasteiger partial charge in [0.1, 0.15) is 5.01 Å². The molecule has 2 heterocycles. The van der Waals surface area contributed by atoms with Gasteiger partial charge < -0.3 is 9.88 Å². The van der Waals surface area contributed by atoms with Crippen LogP contribution in [-0.2, 0) is 13.1 Å². The third kappa shape index (κ3) is 2.37. The number of nitrogens with zero attached hydrogens (tertiary/aromatic N) is 2. The minimum absolute atomic E-state index is 0.737. The van der Waals surface area contributed by atoms with Gasteiger partial charge in [-0.2, -0.15) is 0 Å². The fourth-order valence-electron chi connectivity index (χ4n) is 2.60. The van der Waals surface area contributed by atoms with Crippen molar-refractivity contribution in [3.63, 3.8) is 0 Å². The molecule has 4 rings (SSSR count). The molecule has 0 aliphatic heterocycles. The third-order valence-corrected chi connectivity index (χ3v) is 4.59. The maximum Gasteiger partial charge on any atom is 0.112 e. The molecule has 1 aromatic carbocycles. The van der Waals surface area contributed by atoms with Gasteiger partial charge in [-0.25, -0.2) is 4.98 Å². The van der Waals surface area contributed by atoms with E-state index in [0.29, 0.717) is 0 Å². The van der Waals surface area contributed by atoms with Crippen molar-refractivity contribution >= 4 is 22.2 Å². The van der Waals surface area contributed by atoms with Gasteiger partial charge in [0, 0.05) is 35.4 Å². The summed E-state index contributed by atoms with van der Waals surface area (Å²) in [7, 11) is 0. The van der Waals surface area contributed by atoms with E-state index >= 15 is 0 Å². The molecule has 0 saturated heterocycles. The fraction of sp³-hybridized carbons (Fsp3) is 0.312. The van der Waals surface area contributed by atoms with E-state index in [1.54, 1.807) is 11.3 Å². The molecule has 0 atom stereocenters. The lowest BCUT2D eigenvalue weighted by Crippen LogP contribution is -2.18. The first-order valence-electron chi connectivity index (χ1n) is 7.09. The molecule has 1 N–H and O–H groups in total. The quantitative estimate of drug-likeness (QED) is 0.778. The van der Waals surface area contributed by atoms with Crippen LogP contribution in [0.4, 0.5) is 0 Å². The molecule has 1 saturated carbocycles. The van der Waals surface area contributed by atoms with Crippen LogP contribution in [0.3, 0.4) is 0 Å². The summed E-state index contributed by atoms with van der Waals surface area (Å²) in [6.07, 6.45) is 4.53. The Hall–Kier alpha value is -1.65. The number of benzene rings is 1. The third-order valence-electron chi connectivity index (χ3n) is 3.82. The Balaban J connectivity index is 1.71. The van der Waals surface area contributed by atoms with E-state index in [-0.39, 0.29) is 0 Å². The van der Waals surface area contributed by atoms with Gasteiger partial charge >= 0.3 is 0 Å². The van der Waals surface area contributed by atoms with Crippen LogP contribution >= 0.6 is 11.3 Å². The summed E-state index contributed by atoms with van der Waals surface area (Å²) < 4.78 is 2.39. The highest BCUT2D eigenvalue weighted by atomic mass is 32.1. The van der Waals surface area contributed by atoms with E-state index in [0.717, 1.165) is 19.1 Å². The van der Waals surface area contributed by atoms with Crippen molar-refractivity contribution in [2.45, 2.75) is 32.0 Å². The molecule has 3 nitrogen and oxygen atoms in total. The molecule has 3 aromatic rings.